The molecular formula is C23H27FN8O2. The first-order valence-corrected chi connectivity index (χ1v) is 11.6. The number of aryl methyl sites for hydroxylation is 1. The largest absolute Gasteiger partial charge is 0.617 e. The van der Waals surface area contributed by atoms with Crippen LogP contribution in [0.2, 0.25) is 0 Å². The molecule has 5 rings (SSSR count). The molecule has 0 saturated carbocycles. The van der Waals surface area contributed by atoms with Gasteiger partial charge in [-0.3, -0.25) is 9.89 Å². The van der Waals surface area contributed by atoms with E-state index in [9.17, 15) is 14.4 Å². The summed E-state index contributed by atoms with van der Waals surface area (Å²) in [5.74, 6) is 1.03. The molecule has 1 fully saturated rings. The van der Waals surface area contributed by atoms with Crippen molar-refractivity contribution in [2.75, 3.05) is 22.1 Å². The zero-order chi connectivity index (χ0) is 23.8. The van der Waals surface area contributed by atoms with E-state index in [-0.39, 0.29) is 16.3 Å². The first kappa shape index (κ1) is 22.1. The molecule has 0 aromatic carbocycles. The van der Waals surface area contributed by atoms with Crippen molar-refractivity contribution in [1.82, 2.24) is 20.2 Å². The average molecular weight is 467 g/mol. The van der Waals surface area contributed by atoms with Crippen LogP contribution in [0.3, 0.4) is 0 Å². The van der Waals surface area contributed by atoms with Gasteiger partial charge in [-0.1, -0.05) is 13.8 Å². The number of pyridine rings is 1. The zero-order valence-corrected chi connectivity index (χ0v) is 19.1. The summed E-state index contributed by atoms with van der Waals surface area (Å²) in [6.45, 7) is 4.83. The molecule has 34 heavy (non-hydrogen) atoms. The van der Waals surface area contributed by atoms with Gasteiger partial charge in [0, 0.05) is 29.9 Å². The fraction of sp³-hybridized carbons (Fsp3) is 0.435. The van der Waals surface area contributed by atoms with Crippen molar-refractivity contribution < 1.29 is 13.9 Å². The van der Waals surface area contributed by atoms with Gasteiger partial charge in [0.05, 0.1) is 5.69 Å². The van der Waals surface area contributed by atoms with E-state index in [1.165, 1.54) is 6.07 Å². The average Bonchev–Trinajstić information content (AvgIpc) is 3.56. The molecule has 1 saturated heterocycles. The van der Waals surface area contributed by atoms with Gasteiger partial charge >= 0.3 is 5.95 Å². The number of halogens is 1. The molecule has 1 aliphatic carbocycles. The lowest BCUT2D eigenvalue weighted by Gasteiger charge is -2.25. The number of fused-ring (bicyclic) bond motifs is 1. The van der Waals surface area contributed by atoms with E-state index in [1.54, 1.807) is 0 Å². The van der Waals surface area contributed by atoms with Gasteiger partial charge in [0.25, 0.3) is 0 Å². The van der Waals surface area contributed by atoms with E-state index in [0.717, 1.165) is 60.7 Å². The Morgan fingerprint density at radius 2 is 2.15 bits per heavy atom. The number of anilines is 4. The Bertz CT molecular complexity index is 1230. The zero-order valence-electron chi connectivity index (χ0n) is 19.1. The summed E-state index contributed by atoms with van der Waals surface area (Å²) >= 11 is 0. The number of aromatic nitrogens is 5. The van der Waals surface area contributed by atoms with Crippen LogP contribution in [0.15, 0.2) is 24.4 Å². The molecule has 11 heteroatoms. The van der Waals surface area contributed by atoms with Crippen molar-refractivity contribution in [3.05, 3.63) is 52.5 Å². The van der Waals surface area contributed by atoms with Gasteiger partial charge in [0.2, 0.25) is 18.1 Å². The molecule has 0 radical (unpaired) electrons. The number of aromatic amines is 1. The molecule has 3 N–H and O–H groups in total. The second-order valence-corrected chi connectivity index (χ2v) is 9.05. The predicted molar refractivity (Wildman–Crippen MR) is 124 cm³/mol. The number of H-pyrrole nitrogens is 1. The van der Waals surface area contributed by atoms with Crippen LogP contribution in [0.5, 0.6) is 0 Å². The Hall–Kier alpha value is -3.76. The molecule has 0 unspecified atom stereocenters. The van der Waals surface area contributed by atoms with Crippen LogP contribution >= 0.6 is 0 Å². The molecule has 178 valence electrons. The lowest BCUT2D eigenvalue weighted by molar-refractivity contribution is -0.636. The smallest absolute Gasteiger partial charge is 0.371 e. The number of carbonyl (C=O) groups is 1. The molecule has 3 aromatic rings. The van der Waals surface area contributed by atoms with Gasteiger partial charge in [-0.2, -0.15) is 10.1 Å². The van der Waals surface area contributed by atoms with Gasteiger partial charge in [-0.25, -0.2) is 4.98 Å². The number of nitrogens with zero attached hydrogens (tertiary/aromatic N) is 5. The number of rotatable bonds is 6. The fourth-order valence-electron chi connectivity index (χ4n) is 4.51. The minimum atomic E-state index is -0.926. The van der Waals surface area contributed by atoms with Gasteiger partial charge in [-0.05, 0) is 44.1 Å². The molecular weight excluding hydrogens is 439 g/mol. The Morgan fingerprint density at radius 3 is 2.91 bits per heavy atom. The van der Waals surface area contributed by atoms with Crippen molar-refractivity contribution in [3.8, 4) is 0 Å². The van der Waals surface area contributed by atoms with E-state index in [2.05, 4.69) is 34.7 Å². The van der Waals surface area contributed by atoms with E-state index >= 15 is 0 Å². The molecule has 2 aliphatic rings. The SMILES string of the molecule is CC(C)c1cc(Nc2nc(N3CCC[C@@H]3C(=O)Nc3ccc(F)[n+]([O-])c3)nc3c2CCC3)n[nH]1. The molecule has 1 atom stereocenters. The summed E-state index contributed by atoms with van der Waals surface area (Å²) < 4.78 is 13.4. The third-order valence-electron chi connectivity index (χ3n) is 6.33. The molecule has 3 aromatic heterocycles. The molecule has 0 bridgehead atoms. The van der Waals surface area contributed by atoms with Crippen LogP contribution < -0.4 is 20.3 Å². The van der Waals surface area contributed by atoms with Crippen LogP contribution in [0.25, 0.3) is 0 Å². The number of hydrogen-bond acceptors (Lipinski definition) is 7. The minimum absolute atomic E-state index is 0.0866. The third kappa shape index (κ3) is 4.25. The van der Waals surface area contributed by atoms with Crippen molar-refractivity contribution in [1.29, 1.82) is 0 Å². The molecule has 4 heterocycles. The fourth-order valence-corrected chi connectivity index (χ4v) is 4.51. The highest BCUT2D eigenvalue weighted by atomic mass is 19.1. The first-order chi connectivity index (χ1) is 16.4. The maximum absolute atomic E-state index is 13.3. The Kier molecular flexibility index (Phi) is 5.76. The Labute approximate surface area is 196 Å². The minimum Gasteiger partial charge on any atom is -0.617 e. The lowest BCUT2D eigenvalue weighted by atomic mass is 10.1. The van der Waals surface area contributed by atoms with Crippen molar-refractivity contribution in [2.45, 2.75) is 57.9 Å². The van der Waals surface area contributed by atoms with Crippen molar-refractivity contribution in [2.24, 2.45) is 0 Å². The second-order valence-electron chi connectivity index (χ2n) is 9.05. The number of amides is 1. The quantitative estimate of drug-likeness (QED) is 0.290. The summed E-state index contributed by atoms with van der Waals surface area (Å²) in [5, 5.41) is 25.0. The Balaban J connectivity index is 1.40. The van der Waals surface area contributed by atoms with E-state index in [1.807, 2.05) is 11.0 Å². The normalized spacial score (nSPS) is 17.3. The standard InChI is InChI=1S/C23H27FN8O2/c1-13(2)17-11-20(30-29-17)27-21-15-5-3-6-16(15)26-23(28-21)31-10-4-7-18(31)22(33)25-14-8-9-19(24)32(34)12-14/h8-9,11-13,18H,3-7,10H2,1-2H3,(H,25,33)(H2,26,27,28,29,30)/t18-/m1/s1. The highest BCUT2D eigenvalue weighted by Gasteiger charge is 2.34. The monoisotopic (exact) mass is 466 g/mol. The summed E-state index contributed by atoms with van der Waals surface area (Å²) in [5.41, 5.74) is 3.35. The summed E-state index contributed by atoms with van der Waals surface area (Å²) in [4.78, 5) is 24.5. The van der Waals surface area contributed by atoms with Gasteiger partial charge in [0.15, 0.2) is 5.82 Å². The molecule has 0 spiro atoms. The van der Waals surface area contributed by atoms with Crippen LogP contribution in [0.1, 0.15) is 56.0 Å². The van der Waals surface area contributed by atoms with E-state index in [4.69, 9.17) is 9.97 Å². The van der Waals surface area contributed by atoms with Gasteiger partial charge < -0.3 is 20.7 Å². The maximum atomic E-state index is 13.3. The number of carbonyl (C=O) groups excluding carboxylic acids is 1. The second kappa shape index (κ2) is 8.88. The third-order valence-corrected chi connectivity index (χ3v) is 6.33. The van der Waals surface area contributed by atoms with Gasteiger partial charge in [-0.15, -0.1) is 9.12 Å². The van der Waals surface area contributed by atoms with Crippen LogP contribution in [0, 0.1) is 11.2 Å². The summed E-state index contributed by atoms with van der Waals surface area (Å²) in [7, 11) is 0. The lowest BCUT2D eigenvalue weighted by Crippen LogP contribution is -2.41. The molecule has 1 aliphatic heterocycles. The van der Waals surface area contributed by atoms with Crippen molar-refractivity contribution >= 4 is 29.2 Å². The highest BCUT2D eigenvalue weighted by Crippen LogP contribution is 2.33. The number of nitrogens with one attached hydrogen (secondary N) is 3. The predicted octanol–water partition coefficient (Wildman–Crippen LogP) is 2.94. The van der Waals surface area contributed by atoms with Crippen molar-refractivity contribution in [3.63, 3.8) is 0 Å². The summed E-state index contributed by atoms with van der Waals surface area (Å²) in [6, 6.07) is 3.88. The van der Waals surface area contributed by atoms with Gasteiger partial charge in [0.1, 0.15) is 17.5 Å². The molecule has 10 nitrogen and oxygen atoms in total. The topological polar surface area (TPSA) is 126 Å². The van der Waals surface area contributed by atoms with Crippen LogP contribution in [0.4, 0.5) is 27.7 Å². The van der Waals surface area contributed by atoms with Crippen LogP contribution in [-0.2, 0) is 17.6 Å². The summed E-state index contributed by atoms with van der Waals surface area (Å²) in [6.07, 6.45) is 5.21. The van der Waals surface area contributed by atoms with E-state index in [0.29, 0.717) is 30.6 Å². The number of hydrogen-bond donors (Lipinski definition) is 3. The molecule has 1 amide bonds. The van der Waals surface area contributed by atoms with E-state index < -0.39 is 12.0 Å². The maximum Gasteiger partial charge on any atom is 0.371 e. The highest BCUT2D eigenvalue weighted by molar-refractivity contribution is 5.96. The Morgan fingerprint density at radius 1 is 1.29 bits per heavy atom. The van der Waals surface area contributed by atoms with Crippen LogP contribution in [-0.4, -0.2) is 38.7 Å². The first-order valence-electron chi connectivity index (χ1n) is 11.6.